The average molecular weight is 489 g/mol. The second kappa shape index (κ2) is 10.4. The Labute approximate surface area is 201 Å². The molecule has 4 rings (SSSR count). The van der Waals surface area contributed by atoms with Gasteiger partial charge in [-0.2, -0.15) is 0 Å². The summed E-state index contributed by atoms with van der Waals surface area (Å²) in [6, 6.07) is 8.20. The molecule has 1 aliphatic rings. The molecule has 2 aromatic carbocycles. The number of methoxy groups -OCH3 is 1. The SMILES string of the molecule is COc1cc2c(Nc3cccc(Cl)c3F)ncnc2cc1OC1CCN(C(=O)CC(C)O)CC1. The lowest BCUT2D eigenvalue weighted by atomic mass is 10.1. The zero-order chi connectivity index (χ0) is 24.2. The number of amides is 1. The molecule has 1 aliphatic heterocycles. The van der Waals surface area contributed by atoms with Gasteiger partial charge in [-0.1, -0.05) is 17.7 Å². The van der Waals surface area contributed by atoms with Crippen LogP contribution in [0.4, 0.5) is 15.9 Å². The van der Waals surface area contributed by atoms with Crippen LogP contribution in [0.1, 0.15) is 26.2 Å². The molecule has 1 unspecified atom stereocenters. The molecule has 3 aromatic rings. The Hall–Kier alpha value is -3.17. The third-order valence-corrected chi connectivity index (χ3v) is 5.98. The lowest BCUT2D eigenvalue weighted by Crippen LogP contribution is -2.42. The highest BCUT2D eigenvalue weighted by atomic mass is 35.5. The molecule has 1 fully saturated rings. The van der Waals surface area contributed by atoms with Gasteiger partial charge in [-0.15, -0.1) is 0 Å². The number of nitrogens with one attached hydrogen (secondary N) is 1. The first-order valence-corrected chi connectivity index (χ1v) is 11.4. The second-order valence-electron chi connectivity index (χ2n) is 8.22. The van der Waals surface area contributed by atoms with E-state index in [1.165, 1.54) is 12.4 Å². The first-order valence-electron chi connectivity index (χ1n) is 11.0. The van der Waals surface area contributed by atoms with E-state index in [0.29, 0.717) is 54.2 Å². The predicted molar refractivity (Wildman–Crippen MR) is 127 cm³/mol. The number of nitrogens with zero attached hydrogens (tertiary/aromatic N) is 3. The summed E-state index contributed by atoms with van der Waals surface area (Å²) < 4.78 is 26.1. The van der Waals surface area contributed by atoms with Crippen LogP contribution in [0.15, 0.2) is 36.7 Å². The Morgan fingerprint density at radius 3 is 2.76 bits per heavy atom. The van der Waals surface area contributed by atoms with Gasteiger partial charge < -0.3 is 24.8 Å². The molecule has 34 heavy (non-hydrogen) atoms. The molecular formula is C24H26ClFN4O4. The fourth-order valence-corrected chi connectivity index (χ4v) is 4.10. The fraction of sp³-hybridized carbons (Fsp3) is 0.375. The van der Waals surface area contributed by atoms with Crippen molar-refractivity contribution < 1.29 is 23.8 Å². The summed E-state index contributed by atoms with van der Waals surface area (Å²) in [5, 5.41) is 13.1. The van der Waals surface area contributed by atoms with Crippen LogP contribution in [0.3, 0.4) is 0 Å². The number of benzene rings is 2. The highest BCUT2D eigenvalue weighted by Gasteiger charge is 2.25. The molecule has 2 heterocycles. The topological polar surface area (TPSA) is 96.8 Å². The number of fused-ring (bicyclic) bond motifs is 1. The molecule has 1 amide bonds. The van der Waals surface area contributed by atoms with E-state index in [9.17, 15) is 14.3 Å². The van der Waals surface area contributed by atoms with Crippen molar-refractivity contribution in [2.75, 3.05) is 25.5 Å². The van der Waals surface area contributed by atoms with Crippen molar-refractivity contribution in [3.05, 3.63) is 47.5 Å². The van der Waals surface area contributed by atoms with Crippen molar-refractivity contribution in [3.63, 3.8) is 0 Å². The van der Waals surface area contributed by atoms with E-state index in [-0.39, 0.29) is 29.1 Å². The number of rotatable bonds is 7. The van der Waals surface area contributed by atoms with E-state index in [1.807, 2.05) is 0 Å². The van der Waals surface area contributed by atoms with E-state index in [0.717, 1.165) is 0 Å². The summed E-state index contributed by atoms with van der Waals surface area (Å²) in [6.45, 7) is 2.73. The van der Waals surface area contributed by atoms with Crippen LogP contribution >= 0.6 is 11.6 Å². The normalized spacial score (nSPS) is 15.3. The standard InChI is InChI=1S/C24H26ClFN4O4/c1-14(31)10-22(32)30-8-6-15(7-9-30)34-21-12-19-16(11-20(21)33-2)24(28-13-27-19)29-18-5-3-4-17(25)23(18)26/h3-5,11-15,31H,6-10H2,1-2H3,(H,27,28,29). The fourth-order valence-electron chi connectivity index (χ4n) is 3.93. The number of anilines is 2. The minimum Gasteiger partial charge on any atom is -0.493 e. The molecule has 2 N–H and O–H groups in total. The van der Waals surface area contributed by atoms with Crippen molar-refractivity contribution in [2.24, 2.45) is 0 Å². The highest BCUT2D eigenvalue weighted by molar-refractivity contribution is 6.31. The van der Waals surface area contributed by atoms with Gasteiger partial charge in [0.25, 0.3) is 0 Å². The molecule has 10 heteroatoms. The number of carbonyl (C=O) groups is 1. The van der Waals surface area contributed by atoms with Gasteiger partial charge in [0.15, 0.2) is 17.3 Å². The van der Waals surface area contributed by atoms with Crippen LogP contribution in [0.5, 0.6) is 11.5 Å². The molecular weight excluding hydrogens is 463 g/mol. The zero-order valence-corrected chi connectivity index (χ0v) is 19.7. The highest BCUT2D eigenvalue weighted by Crippen LogP contribution is 2.36. The second-order valence-corrected chi connectivity index (χ2v) is 8.63. The van der Waals surface area contributed by atoms with Crippen LogP contribution in [-0.4, -0.2) is 58.3 Å². The summed E-state index contributed by atoms with van der Waals surface area (Å²) >= 11 is 5.89. The largest absolute Gasteiger partial charge is 0.493 e. The number of carbonyl (C=O) groups excluding carboxylic acids is 1. The third kappa shape index (κ3) is 5.31. The molecule has 0 spiro atoms. The molecule has 1 aromatic heterocycles. The quantitative estimate of drug-likeness (QED) is 0.511. The Bertz CT molecular complexity index is 1190. The number of piperidine rings is 1. The Morgan fingerprint density at radius 2 is 2.06 bits per heavy atom. The molecule has 0 aliphatic carbocycles. The maximum Gasteiger partial charge on any atom is 0.225 e. The number of likely N-dealkylation sites (tertiary alicyclic amines) is 1. The van der Waals surface area contributed by atoms with Crippen molar-refractivity contribution in [3.8, 4) is 11.5 Å². The number of hydrogen-bond donors (Lipinski definition) is 2. The minimum atomic E-state index is -0.653. The van der Waals surface area contributed by atoms with E-state index >= 15 is 0 Å². The van der Waals surface area contributed by atoms with Crippen LogP contribution in [0, 0.1) is 5.82 Å². The molecule has 8 nitrogen and oxygen atoms in total. The summed E-state index contributed by atoms with van der Waals surface area (Å²) in [5.74, 6) is 0.804. The number of aliphatic hydroxyl groups excluding tert-OH is 1. The molecule has 0 radical (unpaired) electrons. The summed E-state index contributed by atoms with van der Waals surface area (Å²) in [6.07, 6.45) is 2.09. The lowest BCUT2D eigenvalue weighted by Gasteiger charge is -2.32. The van der Waals surface area contributed by atoms with Crippen molar-refractivity contribution in [2.45, 2.75) is 38.4 Å². The number of aromatic nitrogens is 2. The van der Waals surface area contributed by atoms with Crippen molar-refractivity contribution in [1.82, 2.24) is 14.9 Å². The molecule has 0 saturated carbocycles. The van der Waals surface area contributed by atoms with Crippen molar-refractivity contribution in [1.29, 1.82) is 0 Å². The van der Waals surface area contributed by atoms with Gasteiger partial charge in [0.2, 0.25) is 5.91 Å². The first kappa shape index (κ1) is 24.0. The minimum absolute atomic E-state index is 0.00949. The van der Waals surface area contributed by atoms with E-state index in [1.54, 1.807) is 43.2 Å². The predicted octanol–water partition coefficient (Wildman–Crippen LogP) is 4.32. The lowest BCUT2D eigenvalue weighted by molar-refractivity contribution is -0.134. The van der Waals surface area contributed by atoms with E-state index < -0.39 is 11.9 Å². The monoisotopic (exact) mass is 488 g/mol. The van der Waals surface area contributed by atoms with Crippen molar-refractivity contribution >= 4 is 39.9 Å². The third-order valence-electron chi connectivity index (χ3n) is 5.68. The molecule has 0 bridgehead atoms. The van der Waals surface area contributed by atoms with E-state index in [2.05, 4.69) is 15.3 Å². The number of aliphatic hydroxyl groups is 1. The molecule has 1 saturated heterocycles. The van der Waals surface area contributed by atoms with Gasteiger partial charge in [0.05, 0.1) is 35.9 Å². The Balaban J connectivity index is 1.52. The zero-order valence-electron chi connectivity index (χ0n) is 18.9. The number of halogens is 2. The summed E-state index contributed by atoms with van der Waals surface area (Å²) in [4.78, 5) is 22.5. The van der Waals surface area contributed by atoms with Gasteiger partial charge in [0.1, 0.15) is 18.2 Å². The summed E-state index contributed by atoms with van der Waals surface area (Å²) in [5.41, 5.74) is 0.795. The average Bonchev–Trinajstić information content (AvgIpc) is 2.82. The van der Waals surface area contributed by atoms with Gasteiger partial charge >= 0.3 is 0 Å². The first-order chi connectivity index (χ1) is 16.4. The van der Waals surface area contributed by atoms with E-state index in [4.69, 9.17) is 21.1 Å². The van der Waals surface area contributed by atoms with Gasteiger partial charge in [-0.25, -0.2) is 14.4 Å². The van der Waals surface area contributed by atoms with Gasteiger partial charge in [-0.3, -0.25) is 4.79 Å². The maximum atomic E-state index is 14.4. The van der Waals surface area contributed by atoms with Crippen LogP contribution in [0.2, 0.25) is 5.02 Å². The van der Waals surface area contributed by atoms with Gasteiger partial charge in [0, 0.05) is 37.4 Å². The van der Waals surface area contributed by atoms with Crippen LogP contribution < -0.4 is 14.8 Å². The van der Waals surface area contributed by atoms with Gasteiger partial charge in [-0.05, 0) is 25.1 Å². The Kier molecular flexibility index (Phi) is 7.33. The molecule has 1 atom stereocenters. The summed E-state index contributed by atoms with van der Waals surface area (Å²) in [7, 11) is 1.54. The van der Waals surface area contributed by atoms with Crippen LogP contribution in [0.25, 0.3) is 10.9 Å². The maximum absolute atomic E-state index is 14.4. The molecule has 180 valence electrons. The Morgan fingerprint density at radius 1 is 1.29 bits per heavy atom. The number of hydrogen-bond acceptors (Lipinski definition) is 7. The number of ether oxygens (including phenoxy) is 2. The smallest absolute Gasteiger partial charge is 0.225 e. The van der Waals surface area contributed by atoms with Crippen LogP contribution in [-0.2, 0) is 4.79 Å².